The molecule has 18 heavy (non-hydrogen) atoms. The lowest BCUT2D eigenvalue weighted by molar-refractivity contribution is 0.605. The zero-order valence-corrected chi connectivity index (χ0v) is 12.7. The van der Waals surface area contributed by atoms with E-state index in [4.69, 9.17) is 32.0 Å². The molecule has 0 aliphatic rings. The van der Waals surface area contributed by atoms with Crippen molar-refractivity contribution >= 4 is 59.2 Å². The first-order valence-corrected chi connectivity index (χ1v) is 10.7. The van der Waals surface area contributed by atoms with Gasteiger partial charge in [0.2, 0.25) is 0 Å². The highest BCUT2D eigenvalue weighted by Crippen LogP contribution is 2.27. The minimum Gasteiger partial charge on any atom is -0.207 e. The Bertz CT molecular complexity index is 671. The number of hydrogen-bond acceptors (Lipinski definition) is 6. The zero-order chi connectivity index (χ0) is 14.4. The lowest BCUT2D eigenvalue weighted by Gasteiger charge is -2.03. The fraction of sp³-hybridized carbons (Fsp3) is 0. The molecule has 0 aliphatic carbocycles. The highest BCUT2D eigenvalue weighted by Gasteiger charge is 2.23. The molecule has 6 nitrogen and oxygen atoms in total. The number of hydrogen-bond donors (Lipinski definition) is 0. The van der Waals surface area contributed by atoms with Crippen LogP contribution >= 0.6 is 32.0 Å². The summed E-state index contributed by atoms with van der Waals surface area (Å²) < 4.78 is 66.3. The van der Waals surface area contributed by atoms with E-state index in [-0.39, 0.29) is 0 Å². The second kappa shape index (κ2) is 4.80. The van der Waals surface area contributed by atoms with Crippen LogP contribution in [0.3, 0.4) is 0 Å². The molecule has 0 spiro atoms. The van der Waals surface area contributed by atoms with Gasteiger partial charge in [-0.2, -0.15) is 0 Å². The van der Waals surface area contributed by atoms with Gasteiger partial charge in [0.05, 0.1) is 14.7 Å². The fourth-order valence-electron chi connectivity index (χ4n) is 0.897. The maximum atomic E-state index is 11.1. The predicted octanol–water partition coefficient (Wildman–Crippen LogP) is 1.27. The van der Waals surface area contributed by atoms with Gasteiger partial charge in [-0.05, 0) is 12.1 Å². The van der Waals surface area contributed by atoms with Crippen LogP contribution in [0.1, 0.15) is 0 Å². The van der Waals surface area contributed by atoms with Crippen LogP contribution in [0.15, 0.2) is 26.8 Å². The van der Waals surface area contributed by atoms with E-state index in [0.29, 0.717) is 12.1 Å². The Balaban J connectivity index is 3.82. The van der Waals surface area contributed by atoms with E-state index in [0.717, 1.165) is 0 Å². The first-order chi connectivity index (χ1) is 7.82. The van der Waals surface area contributed by atoms with Crippen LogP contribution in [0.5, 0.6) is 0 Å². The van der Waals surface area contributed by atoms with Crippen LogP contribution in [-0.4, -0.2) is 25.3 Å². The molecular formula is C6H2Cl3O6S3. The molecule has 0 aromatic heterocycles. The number of benzene rings is 1. The van der Waals surface area contributed by atoms with E-state index in [1.54, 1.807) is 0 Å². The quantitative estimate of drug-likeness (QED) is 0.740. The Morgan fingerprint density at radius 1 is 0.722 bits per heavy atom. The fourth-order valence-corrected chi connectivity index (χ4v) is 3.39. The molecule has 0 amide bonds. The maximum absolute atomic E-state index is 11.1. The summed E-state index contributed by atoms with van der Waals surface area (Å²) in [4.78, 5) is -2.52. The SMILES string of the molecule is O=S(=O)(Cl)c1[c]c(S(=O)(=O)Cl)cc(S(=O)(=O)Cl)c1. The molecule has 0 heterocycles. The highest BCUT2D eigenvalue weighted by atomic mass is 35.7. The topological polar surface area (TPSA) is 102 Å². The summed E-state index contributed by atoms with van der Waals surface area (Å²) in [6.07, 6.45) is 0. The van der Waals surface area contributed by atoms with Crippen LogP contribution in [0, 0.1) is 6.07 Å². The van der Waals surface area contributed by atoms with Crippen molar-refractivity contribution < 1.29 is 25.3 Å². The first-order valence-electron chi connectivity index (χ1n) is 3.73. The van der Waals surface area contributed by atoms with Crippen molar-refractivity contribution in [2.24, 2.45) is 0 Å². The molecule has 1 aromatic carbocycles. The second-order valence-corrected chi connectivity index (χ2v) is 10.5. The van der Waals surface area contributed by atoms with Crippen molar-refractivity contribution in [2.45, 2.75) is 14.7 Å². The van der Waals surface area contributed by atoms with Gasteiger partial charge in [-0.1, -0.05) is 0 Å². The van der Waals surface area contributed by atoms with Crippen molar-refractivity contribution in [2.75, 3.05) is 0 Å². The molecule has 0 fully saturated rings. The Morgan fingerprint density at radius 2 is 1.06 bits per heavy atom. The number of halogens is 3. The molecule has 1 aromatic rings. The van der Waals surface area contributed by atoms with Crippen molar-refractivity contribution in [1.29, 1.82) is 0 Å². The summed E-state index contributed by atoms with van der Waals surface area (Å²) in [5, 5.41) is 0. The smallest absolute Gasteiger partial charge is 0.207 e. The van der Waals surface area contributed by atoms with Gasteiger partial charge in [0, 0.05) is 38.1 Å². The third-order valence-corrected chi connectivity index (χ3v) is 5.42. The van der Waals surface area contributed by atoms with E-state index in [2.05, 4.69) is 0 Å². The summed E-state index contributed by atoms with van der Waals surface area (Å²) in [5.74, 6) is 0. The molecule has 1 radical (unpaired) electrons. The summed E-state index contributed by atoms with van der Waals surface area (Å²) in [5.41, 5.74) is 0. The van der Waals surface area contributed by atoms with E-state index < -0.39 is 41.8 Å². The lowest BCUT2D eigenvalue weighted by atomic mass is 10.4. The molecular weight excluding hydrogens is 371 g/mol. The molecule has 0 N–H and O–H groups in total. The Hall–Kier alpha value is -0.0600. The summed E-state index contributed by atoms with van der Waals surface area (Å²) in [7, 11) is 1.76. The van der Waals surface area contributed by atoms with Crippen LogP contribution in [0.2, 0.25) is 0 Å². The third-order valence-electron chi connectivity index (χ3n) is 1.60. The standard InChI is InChI=1S/C6H2Cl3O6S3/c7-16(10,11)4-1-5(17(8,12)13)3-6(2-4)18(9,14)15/h1-2H. The van der Waals surface area contributed by atoms with E-state index in [1.165, 1.54) is 0 Å². The largest absolute Gasteiger partial charge is 0.262 e. The highest BCUT2D eigenvalue weighted by molar-refractivity contribution is 8.15. The summed E-state index contributed by atoms with van der Waals surface area (Å²) in [6, 6.07) is 3.01. The van der Waals surface area contributed by atoms with E-state index in [9.17, 15) is 25.3 Å². The van der Waals surface area contributed by atoms with Gasteiger partial charge >= 0.3 is 0 Å². The molecule has 0 atom stereocenters. The van der Waals surface area contributed by atoms with Crippen molar-refractivity contribution in [3.63, 3.8) is 0 Å². The maximum Gasteiger partial charge on any atom is 0.262 e. The number of rotatable bonds is 3. The molecule has 0 unspecified atom stereocenters. The van der Waals surface area contributed by atoms with Crippen molar-refractivity contribution in [3.05, 3.63) is 18.2 Å². The summed E-state index contributed by atoms with van der Waals surface area (Å²) >= 11 is 0. The van der Waals surface area contributed by atoms with Crippen molar-refractivity contribution in [1.82, 2.24) is 0 Å². The third kappa shape index (κ3) is 3.97. The Labute approximate surface area is 117 Å². The van der Waals surface area contributed by atoms with Gasteiger partial charge in [-0.3, -0.25) is 0 Å². The summed E-state index contributed by atoms with van der Waals surface area (Å²) in [6.45, 7) is 0. The minimum atomic E-state index is -4.40. The first kappa shape index (κ1) is 16.0. The second-order valence-electron chi connectivity index (χ2n) is 2.86. The predicted molar refractivity (Wildman–Crippen MR) is 64.4 cm³/mol. The zero-order valence-electron chi connectivity index (χ0n) is 7.96. The van der Waals surface area contributed by atoms with E-state index >= 15 is 0 Å². The van der Waals surface area contributed by atoms with Gasteiger partial charge in [0.25, 0.3) is 27.2 Å². The van der Waals surface area contributed by atoms with Gasteiger partial charge < -0.3 is 0 Å². The molecule has 0 saturated heterocycles. The average Bonchev–Trinajstić information content (AvgIpc) is 2.13. The minimum absolute atomic E-state index is 0.566. The van der Waals surface area contributed by atoms with Crippen LogP contribution in [0.25, 0.3) is 0 Å². The normalized spacial score (nSPS) is 13.5. The molecule has 0 aliphatic heterocycles. The Morgan fingerprint density at radius 3 is 1.28 bits per heavy atom. The average molecular weight is 373 g/mol. The van der Waals surface area contributed by atoms with Gasteiger partial charge in [-0.25, -0.2) is 25.3 Å². The van der Waals surface area contributed by atoms with Gasteiger partial charge in [0.15, 0.2) is 0 Å². The molecule has 0 bridgehead atoms. The Kier molecular flexibility index (Phi) is 4.27. The molecule has 12 heteroatoms. The molecule has 101 valence electrons. The monoisotopic (exact) mass is 371 g/mol. The van der Waals surface area contributed by atoms with Crippen LogP contribution in [0.4, 0.5) is 0 Å². The van der Waals surface area contributed by atoms with E-state index in [1.807, 2.05) is 6.07 Å². The molecule has 0 saturated carbocycles. The van der Waals surface area contributed by atoms with Crippen molar-refractivity contribution in [3.8, 4) is 0 Å². The van der Waals surface area contributed by atoms with Gasteiger partial charge in [-0.15, -0.1) is 0 Å². The van der Waals surface area contributed by atoms with Crippen LogP contribution in [-0.2, 0) is 27.2 Å². The van der Waals surface area contributed by atoms with Crippen LogP contribution < -0.4 is 0 Å². The molecule has 1 rings (SSSR count). The lowest BCUT2D eigenvalue weighted by Crippen LogP contribution is -2.01. The van der Waals surface area contributed by atoms with Gasteiger partial charge in [0.1, 0.15) is 0 Å².